The molecule has 0 fully saturated rings. The highest BCUT2D eigenvalue weighted by molar-refractivity contribution is 14.1. The number of aryl methyl sites for hydroxylation is 1. The van der Waals surface area contributed by atoms with Gasteiger partial charge in [-0.25, -0.2) is 4.79 Å². The van der Waals surface area contributed by atoms with Crippen LogP contribution in [0.25, 0.3) is 0 Å². The zero-order chi connectivity index (χ0) is 13.1. The number of para-hydroxylation sites is 1. The van der Waals surface area contributed by atoms with Crippen molar-refractivity contribution in [1.29, 1.82) is 0 Å². The van der Waals surface area contributed by atoms with Gasteiger partial charge in [-0.15, -0.1) is 0 Å². The molecule has 0 atom stereocenters. The molecule has 1 N–H and O–H groups in total. The van der Waals surface area contributed by atoms with Gasteiger partial charge < -0.3 is 9.84 Å². The number of hydrogen-bond donors (Lipinski definition) is 1. The monoisotopic (exact) mass is 354 g/mol. The minimum Gasteiger partial charge on any atom is -0.478 e. The zero-order valence-corrected chi connectivity index (χ0v) is 11.8. The molecule has 0 unspecified atom stereocenters. The van der Waals surface area contributed by atoms with Crippen LogP contribution in [0.15, 0.2) is 42.5 Å². The lowest BCUT2D eigenvalue weighted by Crippen LogP contribution is -2.00. The Labute approximate surface area is 119 Å². The van der Waals surface area contributed by atoms with Crippen LogP contribution < -0.4 is 4.74 Å². The van der Waals surface area contributed by atoms with Crippen LogP contribution in [0.3, 0.4) is 0 Å². The van der Waals surface area contributed by atoms with Gasteiger partial charge in [0.05, 0.1) is 3.57 Å². The topological polar surface area (TPSA) is 46.5 Å². The summed E-state index contributed by atoms with van der Waals surface area (Å²) in [4.78, 5) is 11.1. The quantitative estimate of drug-likeness (QED) is 0.845. The first-order valence-corrected chi connectivity index (χ1v) is 6.42. The number of benzene rings is 2. The second-order valence-electron chi connectivity index (χ2n) is 3.84. The number of ether oxygens (including phenoxy) is 1. The third kappa shape index (κ3) is 2.81. The highest BCUT2D eigenvalue weighted by Crippen LogP contribution is 2.29. The van der Waals surface area contributed by atoms with E-state index in [-0.39, 0.29) is 5.56 Å². The first kappa shape index (κ1) is 12.9. The first-order chi connectivity index (χ1) is 8.58. The molecule has 0 heterocycles. The third-order valence-corrected chi connectivity index (χ3v) is 3.32. The molecular weight excluding hydrogens is 343 g/mol. The van der Waals surface area contributed by atoms with Crippen molar-refractivity contribution in [3.05, 3.63) is 57.2 Å². The fourth-order valence-electron chi connectivity index (χ4n) is 1.54. The summed E-state index contributed by atoms with van der Waals surface area (Å²) in [7, 11) is 0. The average molecular weight is 354 g/mol. The van der Waals surface area contributed by atoms with Gasteiger partial charge in [0.25, 0.3) is 0 Å². The molecule has 3 nitrogen and oxygen atoms in total. The van der Waals surface area contributed by atoms with Gasteiger partial charge >= 0.3 is 5.97 Å². The largest absolute Gasteiger partial charge is 0.478 e. The maximum absolute atomic E-state index is 11.1. The number of carbonyl (C=O) groups is 1. The molecule has 0 amide bonds. The van der Waals surface area contributed by atoms with E-state index in [2.05, 4.69) is 22.6 Å². The van der Waals surface area contributed by atoms with Crippen molar-refractivity contribution in [2.75, 3.05) is 0 Å². The standard InChI is InChI=1S/C14H11IO3/c1-9-6-7-10(14(16)17)13(8-9)18-12-5-3-2-4-11(12)15/h2-8H,1H3,(H,16,17). The molecule has 0 aromatic heterocycles. The second-order valence-corrected chi connectivity index (χ2v) is 5.00. The first-order valence-electron chi connectivity index (χ1n) is 5.34. The van der Waals surface area contributed by atoms with Gasteiger partial charge in [-0.05, 0) is 59.3 Å². The Balaban J connectivity index is 2.42. The van der Waals surface area contributed by atoms with Gasteiger partial charge in [0.1, 0.15) is 17.1 Å². The Bertz CT molecular complexity index is 593. The van der Waals surface area contributed by atoms with Gasteiger partial charge in [-0.3, -0.25) is 0 Å². The molecule has 0 bridgehead atoms. The van der Waals surface area contributed by atoms with Crippen molar-refractivity contribution in [3.8, 4) is 11.5 Å². The summed E-state index contributed by atoms with van der Waals surface area (Å²) >= 11 is 2.15. The maximum atomic E-state index is 11.1. The normalized spacial score (nSPS) is 10.1. The molecule has 0 saturated heterocycles. The molecule has 0 saturated carbocycles. The van der Waals surface area contributed by atoms with Crippen molar-refractivity contribution in [2.24, 2.45) is 0 Å². The van der Waals surface area contributed by atoms with Crippen LogP contribution in [-0.4, -0.2) is 11.1 Å². The molecule has 2 aromatic carbocycles. The smallest absolute Gasteiger partial charge is 0.339 e. The van der Waals surface area contributed by atoms with Gasteiger partial charge in [0.2, 0.25) is 0 Å². The summed E-state index contributed by atoms with van der Waals surface area (Å²) < 4.78 is 6.63. The zero-order valence-electron chi connectivity index (χ0n) is 9.68. The van der Waals surface area contributed by atoms with E-state index in [1.165, 1.54) is 0 Å². The molecule has 0 aliphatic rings. The minimum absolute atomic E-state index is 0.167. The van der Waals surface area contributed by atoms with E-state index < -0.39 is 5.97 Å². The van der Waals surface area contributed by atoms with Crippen molar-refractivity contribution in [2.45, 2.75) is 6.92 Å². The Hall–Kier alpha value is -1.56. The Kier molecular flexibility index (Phi) is 3.86. The maximum Gasteiger partial charge on any atom is 0.339 e. The van der Waals surface area contributed by atoms with E-state index in [4.69, 9.17) is 9.84 Å². The summed E-state index contributed by atoms with van der Waals surface area (Å²) in [5, 5.41) is 9.12. The predicted octanol–water partition coefficient (Wildman–Crippen LogP) is 4.09. The summed E-state index contributed by atoms with van der Waals surface area (Å²) in [6.45, 7) is 1.90. The molecule has 2 aromatic rings. The van der Waals surface area contributed by atoms with Crippen LogP contribution in [0, 0.1) is 10.5 Å². The molecule has 18 heavy (non-hydrogen) atoms. The molecule has 2 rings (SSSR count). The van der Waals surface area contributed by atoms with Gasteiger partial charge in [0, 0.05) is 0 Å². The van der Waals surface area contributed by atoms with Gasteiger partial charge in [-0.1, -0.05) is 18.2 Å². The Morgan fingerprint density at radius 2 is 1.89 bits per heavy atom. The fourth-order valence-corrected chi connectivity index (χ4v) is 2.03. The summed E-state index contributed by atoms with van der Waals surface area (Å²) in [6, 6.07) is 12.5. The highest BCUT2D eigenvalue weighted by Gasteiger charge is 2.13. The van der Waals surface area contributed by atoms with Crippen LogP contribution >= 0.6 is 22.6 Å². The molecule has 0 aliphatic carbocycles. The van der Waals surface area contributed by atoms with Crippen LogP contribution in [0.2, 0.25) is 0 Å². The summed E-state index contributed by atoms with van der Waals surface area (Å²) in [5.74, 6) is 0.0359. The van der Waals surface area contributed by atoms with Crippen LogP contribution in [-0.2, 0) is 0 Å². The molecule has 92 valence electrons. The number of hydrogen-bond acceptors (Lipinski definition) is 2. The van der Waals surface area contributed by atoms with Crippen LogP contribution in [0.4, 0.5) is 0 Å². The predicted molar refractivity (Wildman–Crippen MR) is 77.4 cm³/mol. The van der Waals surface area contributed by atoms with Crippen molar-refractivity contribution >= 4 is 28.6 Å². The highest BCUT2D eigenvalue weighted by atomic mass is 127. The SMILES string of the molecule is Cc1ccc(C(=O)O)c(Oc2ccccc2I)c1. The third-order valence-electron chi connectivity index (χ3n) is 2.42. The minimum atomic E-state index is -0.990. The van der Waals surface area contributed by atoms with E-state index in [9.17, 15) is 4.79 Å². The lowest BCUT2D eigenvalue weighted by Gasteiger charge is -2.10. The second kappa shape index (κ2) is 5.39. The van der Waals surface area contributed by atoms with E-state index in [0.717, 1.165) is 9.13 Å². The van der Waals surface area contributed by atoms with E-state index >= 15 is 0 Å². The average Bonchev–Trinajstić information content (AvgIpc) is 2.32. The Morgan fingerprint density at radius 1 is 1.17 bits per heavy atom. The Morgan fingerprint density at radius 3 is 2.56 bits per heavy atom. The summed E-state index contributed by atoms with van der Waals surface area (Å²) in [5.41, 5.74) is 1.13. The van der Waals surface area contributed by atoms with E-state index in [1.807, 2.05) is 31.2 Å². The van der Waals surface area contributed by atoms with Crippen molar-refractivity contribution in [1.82, 2.24) is 0 Å². The molecule has 4 heteroatoms. The van der Waals surface area contributed by atoms with E-state index in [0.29, 0.717) is 11.5 Å². The van der Waals surface area contributed by atoms with Crippen molar-refractivity contribution in [3.63, 3.8) is 0 Å². The number of carboxylic acid groups (broad SMARTS) is 1. The molecule has 0 aliphatic heterocycles. The van der Waals surface area contributed by atoms with Crippen LogP contribution in [0.1, 0.15) is 15.9 Å². The number of carboxylic acids is 1. The lowest BCUT2D eigenvalue weighted by atomic mass is 10.1. The van der Waals surface area contributed by atoms with Gasteiger partial charge in [-0.2, -0.15) is 0 Å². The van der Waals surface area contributed by atoms with E-state index in [1.54, 1.807) is 18.2 Å². The fraction of sp³-hybridized carbons (Fsp3) is 0.0714. The summed E-state index contributed by atoms with van der Waals surface area (Å²) in [6.07, 6.45) is 0. The number of halogens is 1. The number of aromatic carboxylic acids is 1. The van der Waals surface area contributed by atoms with Crippen molar-refractivity contribution < 1.29 is 14.6 Å². The number of rotatable bonds is 3. The van der Waals surface area contributed by atoms with Gasteiger partial charge in [0.15, 0.2) is 0 Å². The molecular formula is C14H11IO3. The lowest BCUT2D eigenvalue weighted by molar-refractivity contribution is 0.0694. The van der Waals surface area contributed by atoms with Crippen LogP contribution in [0.5, 0.6) is 11.5 Å². The molecule has 0 spiro atoms. The molecule has 0 radical (unpaired) electrons.